The molecule has 0 atom stereocenters. The molecule has 0 radical (unpaired) electrons. The van der Waals surface area contributed by atoms with Crippen molar-refractivity contribution in [2.24, 2.45) is 5.73 Å². The van der Waals surface area contributed by atoms with Crippen LogP contribution in [0.5, 0.6) is 11.5 Å². The molecule has 0 saturated heterocycles. The van der Waals surface area contributed by atoms with Crippen LogP contribution >= 0.6 is 11.8 Å². The molecule has 0 saturated carbocycles. The summed E-state index contributed by atoms with van der Waals surface area (Å²) in [6.07, 6.45) is 0. The maximum atomic E-state index is 7.79. The molecule has 0 aliphatic heterocycles. The maximum absolute atomic E-state index is 7.79. The lowest BCUT2D eigenvalue weighted by Gasteiger charge is -2.14. The summed E-state index contributed by atoms with van der Waals surface area (Å²) in [7, 11) is 0. The van der Waals surface area contributed by atoms with Gasteiger partial charge >= 0.3 is 0 Å². The van der Waals surface area contributed by atoms with Crippen molar-refractivity contribution < 1.29 is 4.74 Å². The molecule has 3 nitrogen and oxygen atoms in total. The Morgan fingerprint density at radius 3 is 2.65 bits per heavy atom. The van der Waals surface area contributed by atoms with Crippen LogP contribution in [0.25, 0.3) is 0 Å². The average molecular weight is 286 g/mol. The monoisotopic (exact) mass is 286 g/mol. The number of nitrogen functional groups attached to an aromatic ring is 1. The SMILES string of the molecule is CCSc1cccc(Oc2cccc(C)c2)c1C(=N)N. The van der Waals surface area contributed by atoms with Crippen molar-refractivity contribution in [2.45, 2.75) is 18.7 Å². The molecule has 104 valence electrons. The molecule has 3 N–H and O–H groups in total. The molecule has 0 bridgehead atoms. The zero-order valence-corrected chi connectivity index (χ0v) is 12.5. The summed E-state index contributed by atoms with van der Waals surface area (Å²) >= 11 is 1.66. The quantitative estimate of drug-likeness (QED) is 0.492. The van der Waals surface area contributed by atoms with E-state index in [4.69, 9.17) is 15.9 Å². The molecule has 2 aromatic carbocycles. The number of benzene rings is 2. The summed E-state index contributed by atoms with van der Waals surface area (Å²) in [5.74, 6) is 2.34. The molecule has 0 amide bonds. The van der Waals surface area contributed by atoms with Crippen LogP contribution in [0.3, 0.4) is 0 Å². The Morgan fingerprint density at radius 2 is 2.00 bits per heavy atom. The molecule has 0 aliphatic rings. The van der Waals surface area contributed by atoms with Crippen LogP contribution in [0.1, 0.15) is 18.1 Å². The Hall–Kier alpha value is -1.94. The lowest BCUT2D eigenvalue weighted by atomic mass is 10.2. The van der Waals surface area contributed by atoms with Crippen molar-refractivity contribution in [3.05, 3.63) is 53.6 Å². The number of nitrogens with two attached hydrogens (primary N) is 1. The van der Waals surface area contributed by atoms with Gasteiger partial charge in [-0.15, -0.1) is 11.8 Å². The molecule has 4 heteroatoms. The number of hydrogen-bond donors (Lipinski definition) is 2. The molecule has 0 aliphatic carbocycles. The Morgan fingerprint density at radius 1 is 1.25 bits per heavy atom. The average Bonchev–Trinajstić information content (AvgIpc) is 2.39. The van der Waals surface area contributed by atoms with E-state index in [0.717, 1.165) is 22.0 Å². The largest absolute Gasteiger partial charge is 0.457 e. The number of aryl methyl sites for hydroxylation is 1. The van der Waals surface area contributed by atoms with Crippen molar-refractivity contribution in [3.8, 4) is 11.5 Å². The van der Waals surface area contributed by atoms with Gasteiger partial charge < -0.3 is 10.5 Å². The van der Waals surface area contributed by atoms with Crippen molar-refractivity contribution >= 4 is 17.6 Å². The Balaban J connectivity index is 2.40. The lowest BCUT2D eigenvalue weighted by Crippen LogP contribution is -2.13. The van der Waals surface area contributed by atoms with Crippen LogP contribution in [0.4, 0.5) is 0 Å². The topological polar surface area (TPSA) is 59.1 Å². The van der Waals surface area contributed by atoms with Crippen LogP contribution in [-0.2, 0) is 0 Å². The molecule has 0 unspecified atom stereocenters. The van der Waals surface area contributed by atoms with Gasteiger partial charge in [-0.2, -0.15) is 0 Å². The number of rotatable bonds is 5. The highest BCUT2D eigenvalue weighted by Crippen LogP contribution is 2.32. The highest BCUT2D eigenvalue weighted by Gasteiger charge is 2.13. The van der Waals surface area contributed by atoms with E-state index in [1.54, 1.807) is 11.8 Å². The van der Waals surface area contributed by atoms with Crippen molar-refractivity contribution in [1.29, 1.82) is 5.41 Å². The van der Waals surface area contributed by atoms with E-state index >= 15 is 0 Å². The Labute approximate surface area is 123 Å². The molecule has 2 aromatic rings. The van der Waals surface area contributed by atoms with Gasteiger partial charge in [0, 0.05) is 4.90 Å². The second kappa shape index (κ2) is 6.48. The smallest absolute Gasteiger partial charge is 0.139 e. The summed E-state index contributed by atoms with van der Waals surface area (Å²) < 4.78 is 5.90. The number of nitrogens with one attached hydrogen (secondary N) is 1. The van der Waals surface area contributed by atoms with Crippen LogP contribution in [0.2, 0.25) is 0 Å². The Bertz CT molecular complexity index is 626. The second-order valence-electron chi connectivity index (χ2n) is 4.39. The third-order valence-corrected chi connectivity index (χ3v) is 3.71. The van der Waals surface area contributed by atoms with E-state index in [-0.39, 0.29) is 5.84 Å². The van der Waals surface area contributed by atoms with Crippen molar-refractivity contribution in [3.63, 3.8) is 0 Å². The fourth-order valence-corrected chi connectivity index (χ4v) is 2.78. The second-order valence-corrected chi connectivity index (χ2v) is 5.70. The van der Waals surface area contributed by atoms with E-state index in [1.807, 2.05) is 49.4 Å². The first-order chi connectivity index (χ1) is 9.61. The molecule has 0 fully saturated rings. The first-order valence-electron chi connectivity index (χ1n) is 6.46. The van der Waals surface area contributed by atoms with E-state index in [9.17, 15) is 0 Å². The minimum absolute atomic E-state index is 0.0317. The number of hydrogen-bond acceptors (Lipinski definition) is 3. The molecule has 0 aromatic heterocycles. The van der Waals surface area contributed by atoms with Crippen LogP contribution < -0.4 is 10.5 Å². The van der Waals surface area contributed by atoms with Gasteiger partial charge in [0.2, 0.25) is 0 Å². The van der Waals surface area contributed by atoms with Gasteiger partial charge in [-0.1, -0.05) is 25.1 Å². The van der Waals surface area contributed by atoms with Crippen LogP contribution in [0, 0.1) is 12.3 Å². The number of thioether (sulfide) groups is 1. The first kappa shape index (κ1) is 14.5. The van der Waals surface area contributed by atoms with E-state index in [2.05, 4.69) is 6.92 Å². The fourth-order valence-electron chi connectivity index (χ4n) is 1.94. The number of amidine groups is 1. The van der Waals surface area contributed by atoms with Gasteiger partial charge in [-0.3, -0.25) is 5.41 Å². The van der Waals surface area contributed by atoms with Gasteiger partial charge in [0.05, 0.1) is 5.56 Å². The van der Waals surface area contributed by atoms with Gasteiger partial charge in [-0.25, -0.2) is 0 Å². The van der Waals surface area contributed by atoms with E-state index in [0.29, 0.717) is 11.3 Å². The highest BCUT2D eigenvalue weighted by molar-refractivity contribution is 7.99. The molecule has 2 rings (SSSR count). The third kappa shape index (κ3) is 3.33. The van der Waals surface area contributed by atoms with Gasteiger partial charge in [0.1, 0.15) is 17.3 Å². The number of ether oxygens (including phenoxy) is 1. The molecular weight excluding hydrogens is 268 g/mol. The molecule has 20 heavy (non-hydrogen) atoms. The van der Waals surface area contributed by atoms with Crippen LogP contribution in [0.15, 0.2) is 47.4 Å². The fraction of sp³-hybridized carbons (Fsp3) is 0.188. The highest BCUT2D eigenvalue weighted by atomic mass is 32.2. The minimum Gasteiger partial charge on any atom is -0.457 e. The van der Waals surface area contributed by atoms with Gasteiger partial charge in [0.15, 0.2) is 0 Å². The normalized spacial score (nSPS) is 10.3. The predicted octanol–water partition coefficient (Wildman–Crippen LogP) is 4.18. The first-order valence-corrected chi connectivity index (χ1v) is 7.45. The lowest BCUT2D eigenvalue weighted by molar-refractivity contribution is 0.479. The Kier molecular flexibility index (Phi) is 4.69. The zero-order valence-electron chi connectivity index (χ0n) is 11.6. The van der Waals surface area contributed by atoms with Crippen molar-refractivity contribution in [1.82, 2.24) is 0 Å². The van der Waals surface area contributed by atoms with Gasteiger partial charge in [0.25, 0.3) is 0 Å². The zero-order chi connectivity index (χ0) is 14.5. The van der Waals surface area contributed by atoms with Gasteiger partial charge in [-0.05, 0) is 42.5 Å². The summed E-state index contributed by atoms with van der Waals surface area (Å²) in [5, 5.41) is 7.79. The minimum atomic E-state index is 0.0317. The summed E-state index contributed by atoms with van der Waals surface area (Å²) in [6, 6.07) is 13.6. The third-order valence-electron chi connectivity index (χ3n) is 2.77. The van der Waals surface area contributed by atoms with Crippen molar-refractivity contribution in [2.75, 3.05) is 5.75 Å². The van der Waals surface area contributed by atoms with E-state index < -0.39 is 0 Å². The van der Waals surface area contributed by atoms with E-state index in [1.165, 1.54) is 0 Å². The summed E-state index contributed by atoms with van der Waals surface area (Å²) in [4.78, 5) is 0.977. The maximum Gasteiger partial charge on any atom is 0.139 e. The predicted molar refractivity (Wildman–Crippen MR) is 85.1 cm³/mol. The summed E-state index contributed by atoms with van der Waals surface area (Å²) in [5.41, 5.74) is 7.52. The standard InChI is InChI=1S/C16H18N2OS/c1-3-20-14-9-5-8-13(15(14)16(17)18)19-12-7-4-6-11(2)10-12/h4-10H,3H2,1-2H3,(H3,17,18). The summed E-state index contributed by atoms with van der Waals surface area (Å²) in [6.45, 7) is 4.09. The van der Waals surface area contributed by atoms with Crippen LogP contribution in [-0.4, -0.2) is 11.6 Å². The molecule has 0 heterocycles. The molecular formula is C16H18N2OS. The molecule has 0 spiro atoms.